The number of hydrogen-bond donors (Lipinski definition) is 0. The predicted molar refractivity (Wildman–Crippen MR) is 68.0 cm³/mol. The lowest BCUT2D eigenvalue weighted by molar-refractivity contribution is -0.156. The number of hydrogen-bond acceptors (Lipinski definition) is 4. The Morgan fingerprint density at radius 3 is 2.44 bits per heavy atom. The highest BCUT2D eigenvalue weighted by atomic mass is 16.5. The van der Waals surface area contributed by atoms with Crippen molar-refractivity contribution in [1.29, 1.82) is 0 Å². The third kappa shape index (κ3) is 5.52. The van der Waals surface area contributed by atoms with E-state index in [1.165, 1.54) is 6.42 Å². The Bertz CT molecular complexity index is 275. The summed E-state index contributed by atoms with van der Waals surface area (Å²) in [7, 11) is 0. The zero-order chi connectivity index (χ0) is 13.4. The summed E-state index contributed by atoms with van der Waals surface area (Å²) in [5, 5.41) is 0. The minimum absolute atomic E-state index is 0.0397. The van der Waals surface area contributed by atoms with Crippen molar-refractivity contribution in [3.05, 3.63) is 0 Å². The molecule has 0 heterocycles. The van der Waals surface area contributed by atoms with Gasteiger partial charge in [0, 0.05) is 0 Å². The van der Waals surface area contributed by atoms with Crippen molar-refractivity contribution in [2.75, 3.05) is 6.61 Å². The van der Waals surface area contributed by atoms with Crippen molar-refractivity contribution < 1.29 is 19.1 Å². The van der Waals surface area contributed by atoms with Crippen LogP contribution >= 0.6 is 0 Å². The second-order valence-electron chi connectivity index (χ2n) is 5.01. The largest absolute Gasteiger partial charge is 0.466 e. The topological polar surface area (TPSA) is 52.6 Å². The van der Waals surface area contributed by atoms with E-state index in [1.54, 1.807) is 0 Å². The van der Waals surface area contributed by atoms with Crippen LogP contribution in [0, 0.1) is 5.92 Å². The van der Waals surface area contributed by atoms with Crippen LogP contribution in [-0.4, -0.2) is 24.6 Å². The summed E-state index contributed by atoms with van der Waals surface area (Å²) < 4.78 is 10.3. The summed E-state index contributed by atoms with van der Waals surface area (Å²) in [5.74, 6) is -0.151. The van der Waals surface area contributed by atoms with Gasteiger partial charge >= 0.3 is 11.9 Å². The predicted octanol–water partition coefficient (Wildman–Crippen LogP) is 2.84. The lowest BCUT2D eigenvalue weighted by Crippen LogP contribution is -2.28. The molecule has 0 N–H and O–H groups in total. The maximum absolute atomic E-state index is 11.6. The molecule has 0 amide bonds. The van der Waals surface area contributed by atoms with Crippen LogP contribution in [0.4, 0.5) is 0 Å². The van der Waals surface area contributed by atoms with Crippen molar-refractivity contribution in [2.45, 2.75) is 64.9 Å². The first-order valence-electron chi connectivity index (χ1n) is 6.98. The average Bonchev–Trinajstić information content (AvgIpc) is 2.36. The average molecular weight is 256 g/mol. The van der Waals surface area contributed by atoms with Crippen LogP contribution in [0.1, 0.15) is 58.8 Å². The van der Waals surface area contributed by atoms with E-state index in [0.29, 0.717) is 12.5 Å². The summed E-state index contributed by atoms with van der Waals surface area (Å²) in [6, 6.07) is 0. The van der Waals surface area contributed by atoms with E-state index in [-0.39, 0.29) is 30.9 Å². The van der Waals surface area contributed by atoms with Crippen molar-refractivity contribution in [1.82, 2.24) is 0 Å². The number of carbonyl (C=O) groups excluding carboxylic acids is 2. The monoisotopic (exact) mass is 256 g/mol. The molecule has 4 nitrogen and oxygen atoms in total. The number of carbonyl (C=O) groups is 2. The lowest BCUT2D eigenvalue weighted by atomic mass is 9.88. The van der Waals surface area contributed by atoms with E-state index >= 15 is 0 Å². The first-order chi connectivity index (χ1) is 8.63. The molecular formula is C14H24O4. The van der Waals surface area contributed by atoms with Gasteiger partial charge in [0.1, 0.15) is 6.10 Å². The van der Waals surface area contributed by atoms with Gasteiger partial charge in [-0.05, 0) is 31.6 Å². The van der Waals surface area contributed by atoms with Gasteiger partial charge in [-0.3, -0.25) is 9.59 Å². The Balaban J connectivity index is 2.18. The molecule has 2 unspecified atom stereocenters. The molecule has 2 atom stereocenters. The molecule has 0 spiro atoms. The highest BCUT2D eigenvalue weighted by molar-refractivity contribution is 5.77. The molecule has 1 fully saturated rings. The summed E-state index contributed by atoms with van der Waals surface area (Å²) in [6.45, 7) is 4.48. The van der Waals surface area contributed by atoms with Crippen LogP contribution < -0.4 is 0 Å². The molecular weight excluding hydrogens is 232 g/mol. The summed E-state index contributed by atoms with van der Waals surface area (Å²) >= 11 is 0. The molecule has 1 aliphatic rings. The molecule has 0 aromatic carbocycles. The molecule has 4 heteroatoms. The van der Waals surface area contributed by atoms with E-state index in [4.69, 9.17) is 9.47 Å². The van der Waals surface area contributed by atoms with Gasteiger partial charge in [-0.25, -0.2) is 0 Å². The normalized spacial score (nSPS) is 23.4. The standard InChI is InChI=1S/C14H24O4/c1-3-10-17-13(15)8-9-14(16)18-12-7-5-4-6-11(12)2/h11-12H,3-10H2,1-2H3. The minimum atomic E-state index is -0.314. The van der Waals surface area contributed by atoms with Crippen molar-refractivity contribution in [2.24, 2.45) is 5.92 Å². The van der Waals surface area contributed by atoms with Crippen LogP contribution in [0.2, 0.25) is 0 Å². The van der Waals surface area contributed by atoms with Gasteiger partial charge in [0.2, 0.25) is 0 Å². The van der Waals surface area contributed by atoms with E-state index in [0.717, 1.165) is 25.7 Å². The van der Waals surface area contributed by atoms with Crippen LogP contribution in [0.5, 0.6) is 0 Å². The first kappa shape index (κ1) is 15.0. The zero-order valence-electron chi connectivity index (χ0n) is 11.4. The molecule has 0 radical (unpaired) electrons. The molecule has 0 aliphatic heterocycles. The van der Waals surface area contributed by atoms with Gasteiger partial charge in [0.15, 0.2) is 0 Å². The molecule has 0 aromatic heterocycles. The Kier molecular flexibility index (Phi) is 6.76. The van der Waals surface area contributed by atoms with Crippen LogP contribution in [0.3, 0.4) is 0 Å². The van der Waals surface area contributed by atoms with Crippen molar-refractivity contribution in [3.63, 3.8) is 0 Å². The molecule has 0 aromatic rings. The van der Waals surface area contributed by atoms with Gasteiger partial charge in [0.25, 0.3) is 0 Å². The molecule has 1 rings (SSSR count). The fourth-order valence-electron chi connectivity index (χ4n) is 2.18. The number of esters is 2. The van der Waals surface area contributed by atoms with Gasteiger partial charge in [-0.15, -0.1) is 0 Å². The molecule has 0 saturated heterocycles. The maximum atomic E-state index is 11.6. The quantitative estimate of drug-likeness (QED) is 0.686. The van der Waals surface area contributed by atoms with E-state index in [1.807, 2.05) is 6.92 Å². The zero-order valence-corrected chi connectivity index (χ0v) is 11.4. The molecule has 1 aliphatic carbocycles. The Labute approximate surface area is 109 Å². The second-order valence-corrected chi connectivity index (χ2v) is 5.01. The fourth-order valence-corrected chi connectivity index (χ4v) is 2.18. The summed E-state index contributed by atoms with van der Waals surface area (Å²) in [4.78, 5) is 22.8. The second kappa shape index (κ2) is 8.11. The van der Waals surface area contributed by atoms with E-state index in [9.17, 15) is 9.59 Å². The number of ether oxygens (including phenoxy) is 2. The van der Waals surface area contributed by atoms with Crippen LogP contribution in [-0.2, 0) is 19.1 Å². The van der Waals surface area contributed by atoms with Gasteiger partial charge in [0.05, 0.1) is 19.4 Å². The minimum Gasteiger partial charge on any atom is -0.466 e. The molecule has 104 valence electrons. The highest BCUT2D eigenvalue weighted by Gasteiger charge is 2.24. The third-order valence-electron chi connectivity index (χ3n) is 3.32. The smallest absolute Gasteiger partial charge is 0.306 e. The van der Waals surface area contributed by atoms with Gasteiger partial charge < -0.3 is 9.47 Å². The third-order valence-corrected chi connectivity index (χ3v) is 3.32. The maximum Gasteiger partial charge on any atom is 0.306 e. The summed E-state index contributed by atoms with van der Waals surface area (Å²) in [6.07, 6.45) is 5.52. The number of rotatable bonds is 6. The van der Waals surface area contributed by atoms with E-state index < -0.39 is 0 Å². The van der Waals surface area contributed by atoms with Crippen molar-refractivity contribution in [3.8, 4) is 0 Å². The first-order valence-corrected chi connectivity index (χ1v) is 6.98. The SMILES string of the molecule is CCCOC(=O)CCC(=O)OC1CCCCC1C. The Morgan fingerprint density at radius 2 is 1.78 bits per heavy atom. The van der Waals surface area contributed by atoms with Crippen LogP contribution in [0.25, 0.3) is 0 Å². The highest BCUT2D eigenvalue weighted by Crippen LogP contribution is 2.26. The Hall–Kier alpha value is -1.06. The van der Waals surface area contributed by atoms with E-state index in [2.05, 4.69) is 6.92 Å². The lowest BCUT2D eigenvalue weighted by Gasteiger charge is -2.28. The van der Waals surface area contributed by atoms with Gasteiger partial charge in [-0.1, -0.05) is 20.3 Å². The molecule has 1 saturated carbocycles. The molecule has 18 heavy (non-hydrogen) atoms. The molecule has 0 bridgehead atoms. The van der Waals surface area contributed by atoms with Gasteiger partial charge in [-0.2, -0.15) is 0 Å². The van der Waals surface area contributed by atoms with Crippen LogP contribution in [0.15, 0.2) is 0 Å². The Morgan fingerprint density at radius 1 is 1.11 bits per heavy atom. The summed E-state index contributed by atoms with van der Waals surface area (Å²) in [5.41, 5.74) is 0. The van der Waals surface area contributed by atoms with Crippen molar-refractivity contribution >= 4 is 11.9 Å². The fraction of sp³-hybridized carbons (Fsp3) is 0.857.